The summed E-state index contributed by atoms with van der Waals surface area (Å²) in [5.74, 6) is 0.903. The van der Waals surface area contributed by atoms with Crippen molar-refractivity contribution in [3.8, 4) is 5.75 Å². The summed E-state index contributed by atoms with van der Waals surface area (Å²) in [6.07, 6.45) is 1.54. The van der Waals surface area contributed by atoms with E-state index in [1.165, 1.54) is 17.5 Å². The Morgan fingerprint density at radius 3 is 3.00 bits per heavy atom. The number of halogens is 1. The van der Waals surface area contributed by atoms with Crippen molar-refractivity contribution in [2.75, 3.05) is 11.9 Å². The van der Waals surface area contributed by atoms with Crippen LogP contribution in [0.1, 0.15) is 22.2 Å². The quantitative estimate of drug-likeness (QED) is 0.859. The Labute approximate surface area is 120 Å². The van der Waals surface area contributed by atoms with Crippen molar-refractivity contribution in [2.24, 2.45) is 0 Å². The maximum Gasteiger partial charge on any atom is 0.267 e. The van der Waals surface area contributed by atoms with Crippen LogP contribution in [0.4, 0.5) is 5.69 Å². The predicted molar refractivity (Wildman–Crippen MR) is 77.2 cm³/mol. The molecule has 0 saturated heterocycles. The third-order valence-corrected chi connectivity index (χ3v) is 3.48. The Morgan fingerprint density at radius 1 is 1.53 bits per heavy atom. The number of carbonyl (C=O) groups is 1. The van der Waals surface area contributed by atoms with E-state index in [0.29, 0.717) is 23.1 Å². The van der Waals surface area contributed by atoms with Crippen LogP contribution in [0.5, 0.6) is 5.75 Å². The summed E-state index contributed by atoms with van der Waals surface area (Å²) in [6, 6.07) is 5.42. The van der Waals surface area contributed by atoms with Gasteiger partial charge < -0.3 is 10.1 Å². The van der Waals surface area contributed by atoms with Crippen molar-refractivity contribution < 1.29 is 9.53 Å². The molecule has 0 atom stereocenters. The maximum absolute atomic E-state index is 11.9. The van der Waals surface area contributed by atoms with Gasteiger partial charge in [0.1, 0.15) is 10.6 Å². The number of nitrogens with one attached hydrogen (secondary N) is 1. The van der Waals surface area contributed by atoms with Crippen LogP contribution < -0.4 is 10.1 Å². The minimum absolute atomic E-state index is 0.174. The lowest BCUT2D eigenvalue weighted by Crippen LogP contribution is -2.10. The maximum atomic E-state index is 11.9. The molecular formula is C13H13ClN2O2S. The highest BCUT2D eigenvalue weighted by Gasteiger charge is 2.09. The molecule has 0 radical (unpaired) electrons. The van der Waals surface area contributed by atoms with Crippen LogP contribution in [0.15, 0.2) is 29.9 Å². The fraction of sp³-hybridized carbons (Fsp3) is 0.231. The lowest BCUT2D eigenvalue weighted by Gasteiger charge is -2.10. The number of aromatic nitrogens is 1. The first-order valence-electron chi connectivity index (χ1n) is 5.76. The number of benzene rings is 1. The minimum Gasteiger partial charge on any atom is -0.494 e. The van der Waals surface area contributed by atoms with Crippen LogP contribution >= 0.6 is 22.9 Å². The average molecular weight is 297 g/mol. The molecule has 0 spiro atoms. The molecule has 0 bridgehead atoms. The van der Waals surface area contributed by atoms with Crippen molar-refractivity contribution in [3.63, 3.8) is 0 Å². The third-order valence-electron chi connectivity index (χ3n) is 2.42. The molecule has 1 aromatic carbocycles. The number of hydrogen-bond donors (Lipinski definition) is 1. The molecule has 0 aliphatic heterocycles. The molecule has 0 aliphatic rings. The van der Waals surface area contributed by atoms with E-state index < -0.39 is 0 Å². The summed E-state index contributed by atoms with van der Waals surface area (Å²) >= 11 is 7.17. The monoisotopic (exact) mass is 296 g/mol. The van der Waals surface area contributed by atoms with E-state index in [0.717, 1.165) is 11.3 Å². The zero-order valence-electron chi connectivity index (χ0n) is 10.4. The number of amides is 1. The van der Waals surface area contributed by atoms with Crippen LogP contribution in [0.2, 0.25) is 0 Å². The average Bonchev–Trinajstić information content (AvgIpc) is 2.94. The van der Waals surface area contributed by atoms with Gasteiger partial charge in [0.05, 0.1) is 24.2 Å². The van der Waals surface area contributed by atoms with Crippen molar-refractivity contribution in [1.82, 2.24) is 4.98 Å². The Balaban J connectivity index is 2.15. The summed E-state index contributed by atoms with van der Waals surface area (Å²) in [6.45, 7) is 2.49. The van der Waals surface area contributed by atoms with E-state index in [1.54, 1.807) is 11.6 Å². The molecule has 0 unspecified atom stereocenters. The predicted octanol–water partition coefficient (Wildman–Crippen LogP) is 3.53. The first kappa shape index (κ1) is 13.8. The standard InChI is InChI=1S/C13H13ClN2O2S/c1-2-18-11-4-3-10(5-9(11)6-14)16-13(17)12-7-15-8-19-12/h3-5,7-8H,2,6H2,1H3,(H,16,17). The fourth-order valence-electron chi connectivity index (χ4n) is 1.58. The van der Waals surface area contributed by atoms with Gasteiger partial charge in [0.15, 0.2) is 0 Å². The van der Waals surface area contributed by atoms with Crippen LogP contribution in [-0.4, -0.2) is 17.5 Å². The number of carbonyl (C=O) groups excluding carboxylic acids is 1. The Bertz CT molecular complexity index is 558. The molecule has 19 heavy (non-hydrogen) atoms. The second-order valence-corrected chi connectivity index (χ2v) is 4.86. The molecule has 2 rings (SSSR count). The number of rotatable bonds is 5. The number of nitrogens with zero attached hydrogens (tertiary/aromatic N) is 1. The molecule has 1 amide bonds. The van der Waals surface area contributed by atoms with Gasteiger partial charge in [0.25, 0.3) is 5.91 Å². The van der Waals surface area contributed by atoms with Gasteiger partial charge in [-0.05, 0) is 25.1 Å². The Morgan fingerprint density at radius 2 is 2.37 bits per heavy atom. The second kappa shape index (κ2) is 6.54. The first-order valence-corrected chi connectivity index (χ1v) is 7.17. The third kappa shape index (κ3) is 3.45. The molecule has 1 heterocycles. The first-order chi connectivity index (χ1) is 9.24. The molecular weight excluding hydrogens is 284 g/mol. The van der Waals surface area contributed by atoms with Gasteiger partial charge >= 0.3 is 0 Å². The largest absolute Gasteiger partial charge is 0.494 e. The van der Waals surface area contributed by atoms with Gasteiger partial charge in [-0.3, -0.25) is 9.78 Å². The van der Waals surface area contributed by atoms with Crippen LogP contribution in [0.25, 0.3) is 0 Å². The molecule has 1 N–H and O–H groups in total. The summed E-state index contributed by atoms with van der Waals surface area (Å²) in [5.41, 5.74) is 3.17. The van der Waals surface area contributed by atoms with Crippen molar-refractivity contribution in [3.05, 3.63) is 40.3 Å². The summed E-state index contributed by atoms with van der Waals surface area (Å²) in [4.78, 5) is 16.3. The molecule has 0 aliphatic carbocycles. The summed E-state index contributed by atoms with van der Waals surface area (Å²) in [7, 11) is 0. The van der Waals surface area contributed by atoms with Gasteiger partial charge in [0, 0.05) is 11.3 Å². The lowest BCUT2D eigenvalue weighted by atomic mass is 10.2. The summed E-state index contributed by atoms with van der Waals surface area (Å²) < 4.78 is 5.46. The van der Waals surface area contributed by atoms with Gasteiger partial charge in [-0.25, -0.2) is 0 Å². The number of thiazole rings is 1. The molecule has 100 valence electrons. The van der Waals surface area contributed by atoms with Gasteiger partial charge in [-0.1, -0.05) is 0 Å². The Hall–Kier alpha value is -1.59. The number of hydrogen-bond acceptors (Lipinski definition) is 4. The summed E-state index contributed by atoms with van der Waals surface area (Å²) in [5, 5.41) is 2.81. The molecule has 4 nitrogen and oxygen atoms in total. The zero-order chi connectivity index (χ0) is 13.7. The zero-order valence-corrected chi connectivity index (χ0v) is 11.9. The van der Waals surface area contributed by atoms with E-state index in [1.807, 2.05) is 19.1 Å². The van der Waals surface area contributed by atoms with Gasteiger partial charge in [-0.2, -0.15) is 0 Å². The highest BCUT2D eigenvalue weighted by Crippen LogP contribution is 2.25. The second-order valence-electron chi connectivity index (χ2n) is 3.71. The number of anilines is 1. The van der Waals surface area contributed by atoms with E-state index in [-0.39, 0.29) is 5.91 Å². The van der Waals surface area contributed by atoms with E-state index >= 15 is 0 Å². The van der Waals surface area contributed by atoms with E-state index in [4.69, 9.17) is 16.3 Å². The van der Waals surface area contributed by atoms with Gasteiger partial charge in [-0.15, -0.1) is 22.9 Å². The Kier molecular flexibility index (Phi) is 4.76. The smallest absolute Gasteiger partial charge is 0.267 e. The minimum atomic E-state index is -0.174. The van der Waals surface area contributed by atoms with Crippen molar-refractivity contribution in [2.45, 2.75) is 12.8 Å². The highest BCUT2D eigenvalue weighted by atomic mass is 35.5. The molecule has 2 aromatic rings. The normalized spacial score (nSPS) is 10.2. The molecule has 6 heteroatoms. The number of ether oxygens (including phenoxy) is 1. The van der Waals surface area contributed by atoms with Crippen LogP contribution in [0.3, 0.4) is 0 Å². The van der Waals surface area contributed by atoms with Gasteiger partial charge in [0.2, 0.25) is 0 Å². The number of alkyl halides is 1. The van der Waals surface area contributed by atoms with E-state index in [2.05, 4.69) is 10.3 Å². The SMILES string of the molecule is CCOc1ccc(NC(=O)c2cncs2)cc1CCl. The topological polar surface area (TPSA) is 51.2 Å². The lowest BCUT2D eigenvalue weighted by molar-refractivity contribution is 0.103. The molecule has 1 aromatic heterocycles. The van der Waals surface area contributed by atoms with Crippen LogP contribution in [0, 0.1) is 0 Å². The fourth-order valence-corrected chi connectivity index (χ4v) is 2.30. The van der Waals surface area contributed by atoms with E-state index in [9.17, 15) is 4.79 Å². The highest BCUT2D eigenvalue weighted by molar-refractivity contribution is 7.11. The molecule has 0 saturated carbocycles. The van der Waals surface area contributed by atoms with Crippen molar-refractivity contribution >= 4 is 34.5 Å². The van der Waals surface area contributed by atoms with Crippen molar-refractivity contribution in [1.29, 1.82) is 0 Å². The molecule has 0 fully saturated rings. The van der Waals surface area contributed by atoms with Crippen LogP contribution in [-0.2, 0) is 5.88 Å².